The molecule has 1 N–H and O–H groups in total. The second-order valence-electron chi connectivity index (χ2n) is 10.2. The number of rotatable bonds is 5. The number of phenolic OH excluding ortho intramolecular Hbond substituents is 1. The van der Waals surface area contributed by atoms with E-state index < -0.39 is 10.0 Å². The van der Waals surface area contributed by atoms with Crippen molar-refractivity contribution >= 4 is 15.8 Å². The molecule has 170 valence electrons. The maximum Gasteiger partial charge on any atom is 0.267 e. The van der Waals surface area contributed by atoms with Gasteiger partial charge in [0.25, 0.3) is 10.0 Å². The molecule has 1 aromatic heterocycles. The predicted octanol–water partition coefficient (Wildman–Crippen LogP) is 5.45. The summed E-state index contributed by atoms with van der Waals surface area (Å²) in [6.07, 6.45) is 2.87. The van der Waals surface area contributed by atoms with E-state index in [-0.39, 0.29) is 33.7 Å². The zero-order valence-corrected chi connectivity index (χ0v) is 20.3. The first kappa shape index (κ1) is 23.8. The Kier molecular flexibility index (Phi) is 6.13. The average molecular weight is 454 g/mol. The minimum atomic E-state index is -3.75. The summed E-state index contributed by atoms with van der Waals surface area (Å²) in [5.41, 5.74) is 2.11. The van der Waals surface area contributed by atoms with Crippen molar-refractivity contribution in [3.8, 4) is 5.75 Å². The summed E-state index contributed by atoms with van der Waals surface area (Å²) in [6, 6.07) is 13.4. The van der Waals surface area contributed by atoms with Gasteiger partial charge >= 0.3 is 0 Å². The van der Waals surface area contributed by atoms with Crippen molar-refractivity contribution in [2.45, 2.75) is 63.7 Å². The van der Waals surface area contributed by atoms with Crippen LogP contribution in [0.4, 0.5) is 0 Å². The maximum atomic E-state index is 13.0. The van der Waals surface area contributed by atoms with E-state index in [4.69, 9.17) is 0 Å². The summed E-state index contributed by atoms with van der Waals surface area (Å²) in [4.78, 5) is 13.2. The van der Waals surface area contributed by atoms with Crippen LogP contribution in [0, 0.1) is 0 Å². The molecule has 0 fully saturated rings. The molecule has 1 heterocycles. The number of carbonyl (C=O) groups excluding carboxylic acids is 1. The lowest BCUT2D eigenvalue weighted by molar-refractivity contribution is 0.0993. The van der Waals surface area contributed by atoms with Crippen LogP contribution in [0.1, 0.15) is 68.6 Å². The summed E-state index contributed by atoms with van der Waals surface area (Å²) < 4.78 is 26.7. The molecule has 0 aliphatic carbocycles. The van der Waals surface area contributed by atoms with E-state index in [9.17, 15) is 18.3 Å². The third-order valence-electron chi connectivity index (χ3n) is 5.46. The van der Waals surface area contributed by atoms with E-state index in [0.29, 0.717) is 5.56 Å². The molecule has 0 saturated carbocycles. The number of hydrogen-bond donors (Lipinski definition) is 1. The molecule has 0 aliphatic rings. The van der Waals surface area contributed by atoms with Crippen molar-refractivity contribution in [3.63, 3.8) is 0 Å². The second kappa shape index (κ2) is 8.24. The van der Waals surface area contributed by atoms with Crippen LogP contribution in [0.2, 0.25) is 0 Å². The van der Waals surface area contributed by atoms with Crippen molar-refractivity contribution in [2.75, 3.05) is 0 Å². The highest BCUT2D eigenvalue weighted by Gasteiger charge is 2.27. The van der Waals surface area contributed by atoms with Crippen LogP contribution in [-0.2, 0) is 27.3 Å². The molecule has 0 unspecified atom stereocenters. The van der Waals surface area contributed by atoms with Gasteiger partial charge in [-0.1, -0.05) is 71.9 Å². The molecule has 0 atom stereocenters. The molecule has 0 bridgehead atoms. The highest BCUT2D eigenvalue weighted by Crippen LogP contribution is 2.40. The molecule has 0 radical (unpaired) electrons. The summed E-state index contributed by atoms with van der Waals surface area (Å²) in [5.74, 6) is 0.0822. The molecule has 2 aromatic carbocycles. The van der Waals surface area contributed by atoms with Crippen molar-refractivity contribution in [2.24, 2.45) is 0 Å². The lowest BCUT2D eigenvalue weighted by atomic mass is 9.78. The Morgan fingerprint density at radius 2 is 1.44 bits per heavy atom. The monoisotopic (exact) mass is 453 g/mol. The number of aromatic hydroxyl groups is 1. The number of ketones is 1. The highest BCUT2D eigenvalue weighted by atomic mass is 32.2. The van der Waals surface area contributed by atoms with Crippen molar-refractivity contribution < 1.29 is 18.3 Å². The number of aromatic nitrogens is 1. The predicted molar refractivity (Wildman–Crippen MR) is 127 cm³/mol. The first-order valence-electron chi connectivity index (χ1n) is 10.6. The number of Topliss-reactive ketones (excluding diaryl/α,β-unsaturated/α-hetero) is 1. The zero-order chi connectivity index (χ0) is 23.9. The Hall–Kier alpha value is -2.86. The fourth-order valence-electron chi connectivity index (χ4n) is 3.63. The highest BCUT2D eigenvalue weighted by molar-refractivity contribution is 7.90. The van der Waals surface area contributed by atoms with Gasteiger partial charge in [0, 0.05) is 24.4 Å². The SMILES string of the molecule is CC(C)(C)c1cc(CC(=O)c2ccn(S(=O)(=O)c3ccccc3)c2)cc(C(C)(C)C)c1O. The lowest BCUT2D eigenvalue weighted by Gasteiger charge is -2.28. The van der Waals surface area contributed by atoms with Gasteiger partial charge in [-0.2, -0.15) is 0 Å². The summed E-state index contributed by atoms with van der Waals surface area (Å²) in [5, 5.41) is 10.9. The van der Waals surface area contributed by atoms with E-state index in [2.05, 4.69) is 0 Å². The first-order chi connectivity index (χ1) is 14.7. The molecule has 0 spiro atoms. The number of nitrogens with zero attached hydrogens (tertiary/aromatic N) is 1. The molecule has 6 heteroatoms. The molecule has 0 amide bonds. The summed E-state index contributed by atoms with van der Waals surface area (Å²) >= 11 is 0. The van der Waals surface area contributed by atoms with E-state index in [1.165, 1.54) is 30.6 Å². The molecular weight excluding hydrogens is 422 g/mol. The Morgan fingerprint density at radius 3 is 1.94 bits per heavy atom. The molecule has 5 nitrogen and oxygen atoms in total. The van der Waals surface area contributed by atoms with Crippen LogP contribution in [0.25, 0.3) is 0 Å². The second-order valence-corrected chi connectivity index (χ2v) is 12.0. The van der Waals surface area contributed by atoms with E-state index in [1.807, 2.05) is 53.7 Å². The third kappa shape index (κ3) is 4.80. The fraction of sp³-hybridized carbons (Fsp3) is 0.346. The smallest absolute Gasteiger partial charge is 0.267 e. The molecule has 3 rings (SSSR count). The Bertz CT molecular complexity index is 1210. The maximum absolute atomic E-state index is 13.0. The summed E-state index contributed by atoms with van der Waals surface area (Å²) in [6.45, 7) is 12.1. The zero-order valence-electron chi connectivity index (χ0n) is 19.5. The van der Waals surface area contributed by atoms with Crippen LogP contribution in [0.15, 0.2) is 65.8 Å². The van der Waals surface area contributed by atoms with Crippen LogP contribution in [-0.4, -0.2) is 23.3 Å². The minimum absolute atomic E-state index is 0.113. The molecule has 0 aliphatic heterocycles. The average Bonchev–Trinajstić information content (AvgIpc) is 3.19. The van der Waals surface area contributed by atoms with Gasteiger partial charge < -0.3 is 5.11 Å². The molecule has 3 aromatic rings. The Morgan fingerprint density at radius 1 is 0.906 bits per heavy atom. The van der Waals surface area contributed by atoms with Crippen LogP contribution < -0.4 is 0 Å². The van der Waals surface area contributed by atoms with Gasteiger partial charge in [-0.3, -0.25) is 4.79 Å². The van der Waals surface area contributed by atoms with E-state index in [1.54, 1.807) is 18.2 Å². The van der Waals surface area contributed by atoms with Gasteiger partial charge in [0.2, 0.25) is 0 Å². The van der Waals surface area contributed by atoms with Crippen LogP contribution in [0.3, 0.4) is 0 Å². The minimum Gasteiger partial charge on any atom is -0.507 e. The fourth-order valence-corrected chi connectivity index (χ4v) is 4.85. The number of hydrogen-bond acceptors (Lipinski definition) is 4. The normalized spacial score (nSPS) is 12.7. The van der Waals surface area contributed by atoms with Crippen LogP contribution >= 0.6 is 0 Å². The van der Waals surface area contributed by atoms with Gasteiger partial charge in [0.1, 0.15) is 5.75 Å². The van der Waals surface area contributed by atoms with Gasteiger partial charge in [-0.15, -0.1) is 0 Å². The number of phenols is 1. The van der Waals surface area contributed by atoms with Gasteiger partial charge in [-0.05, 0) is 45.7 Å². The summed E-state index contributed by atoms with van der Waals surface area (Å²) in [7, 11) is -3.75. The lowest BCUT2D eigenvalue weighted by Crippen LogP contribution is -2.18. The van der Waals surface area contributed by atoms with Gasteiger partial charge in [-0.25, -0.2) is 12.4 Å². The Balaban J connectivity index is 1.95. The number of benzene rings is 2. The van der Waals surface area contributed by atoms with Crippen LogP contribution in [0.5, 0.6) is 5.75 Å². The van der Waals surface area contributed by atoms with Crippen molar-refractivity contribution in [3.05, 3.63) is 83.2 Å². The molecular formula is C26H31NO4S. The number of carbonyl (C=O) groups is 1. The van der Waals surface area contributed by atoms with Gasteiger partial charge in [0.05, 0.1) is 4.90 Å². The van der Waals surface area contributed by atoms with Crippen molar-refractivity contribution in [1.29, 1.82) is 0 Å². The van der Waals surface area contributed by atoms with E-state index >= 15 is 0 Å². The Labute approximate surface area is 190 Å². The third-order valence-corrected chi connectivity index (χ3v) is 7.11. The quantitative estimate of drug-likeness (QED) is 0.521. The standard InChI is InChI=1S/C26H31NO4S/c1-25(2,3)21-14-18(15-22(24(21)29)26(4,5)6)16-23(28)19-12-13-27(17-19)32(30,31)20-10-8-7-9-11-20/h7-15,17,29H,16H2,1-6H3. The largest absolute Gasteiger partial charge is 0.507 e. The van der Waals surface area contributed by atoms with Gasteiger partial charge in [0.15, 0.2) is 5.78 Å². The molecule has 32 heavy (non-hydrogen) atoms. The topological polar surface area (TPSA) is 76.4 Å². The van der Waals surface area contributed by atoms with Crippen molar-refractivity contribution in [1.82, 2.24) is 3.97 Å². The molecule has 0 saturated heterocycles. The first-order valence-corrected chi connectivity index (χ1v) is 12.0. The van der Waals surface area contributed by atoms with E-state index in [0.717, 1.165) is 20.7 Å².